The van der Waals surface area contributed by atoms with Crippen LogP contribution in [0.5, 0.6) is 0 Å². The van der Waals surface area contributed by atoms with Gasteiger partial charge in [-0.2, -0.15) is 0 Å². The van der Waals surface area contributed by atoms with E-state index in [9.17, 15) is 0 Å². The van der Waals surface area contributed by atoms with E-state index in [4.69, 9.17) is 0 Å². The van der Waals surface area contributed by atoms with Gasteiger partial charge in [0, 0.05) is 25.6 Å². The molecule has 0 aliphatic heterocycles. The van der Waals surface area contributed by atoms with E-state index in [2.05, 4.69) is 101 Å². The van der Waals surface area contributed by atoms with E-state index in [1.807, 2.05) is 7.05 Å². The lowest BCUT2D eigenvalue weighted by Gasteiger charge is -2.19. The van der Waals surface area contributed by atoms with E-state index in [-0.39, 0.29) is 0 Å². The van der Waals surface area contributed by atoms with Crippen LogP contribution in [-0.4, -0.2) is 12.8 Å². The molecule has 45 heavy (non-hydrogen) atoms. The Morgan fingerprint density at radius 2 is 1.44 bits per heavy atom. The Bertz CT molecular complexity index is 1210. The van der Waals surface area contributed by atoms with Crippen LogP contribution in [-0.2, 0) is 12.8 Å². The van der Waals surface area contributed by atoms with Crippen molar-refractivity contribution in [3.05, 3.63) is 93.6 Å². The number of hydrogen-bond donors (Lipinski definition) is 0. The maximum absolute atomic E-state index is 4.39. The molecular weight excluding hydrogens is 542 g/mol. The van der Waals surface area contributed by atoms with Gasteiger partial charge in [0.25, 0.3) is 0 Å². The summed E-state index contributed by atoms with van der Waals surface area (Å²) in [5.41, 5.74) is 12.2. The molecule has 0 amide bonds. The second-order valence-corrected chi connectivity index (χ2v) is 14.4. The summed E-state index contributed by atoms with van der Waals surface area (Å²) in [6, 6.07) is 4.83. The molecule has 0 saturated heterocycles. The monoisotopic (exact) mass is 610 g/mol. The van der Waals surface area contributed by atoms with Crippen LogP contribution in [0, 0.1) is 18.8 Å². The highest BCUT2D eigenvalue weighted by atomic mass is 14.7. The average molecular weight is 610 g/mol. The van der Waals surface area contributed by atoms with Gasteiger partial charge in [0.05, 0.1) is 0 Å². The Hall–Kier alpha value is -2.41. The van der Waals surface area contributed by atoms with Crippen molar-refractivity contribution in [2.24, 2.45) is 16.8 Å². The second-order valence-electron chi connectivity index (χ2n) is 14.4. The lowest BCUT2D eigenvalue weighted by molar-refractivity contribution is 0.424. The quantitative estimate of drug-likeness (QED) is 0.138. The molecule has 2 aliphatic carbocycles. The van der Waals surface area contributed by atoms with Gasteiger partial charge < -0.3 is 0 Å². The number of allylic oxidation sites excluding steroid dienone is 10. The minimum Gasteiger partial charge on any atom is -0.297 e. The first kappa shape index (κ1) is 37.1. The van der Waals surface area contributed by atoms with Crippen molar-refractivity contribution in [2.45, 2.75) is 157 Å². The lowest BCUT2D eigenvalue weighted by Crippen LogP contribution is -2.04. The fourth-order valence-corrected chi connectivity index (χ4v) is 7.64. The van der Waals surface area contributed by atoms with Gasteiger partial charge in [-0.25, -0.2) is 0 Å². The van der Waals surface area contributed by atoms with Gasteiger partial charge in [-0.15, -0.1) is 0 Å². The molecule has 1 aromatic rings. The molecule has 0 radical (unpaired) electrons. The molecule has 3 rings (SSSR count). The normalized spacial score (nSPS) is 17.6. The molecule has 1 aromatic carbocycles. The summed E-state index contributed by atoms with van der Waals surface area (Å²) < 4.78 is 0. The van der Waals surface area contributed by atoms with Crippen LogP contribution in [0.2, 0.25) is 0 Å². The van der Waals surface area contributed by atoms with Crippen molar-refractivity contribution in [1.82, 2.24) is 0 Å². The number of aliphatic imine (C=N–C) groups is 1. The highest BCUT2D eigenvalue weighted by molar-refractivity contribution is 5.87. The van der Waals surface area contributed by atoms with Crippen molar-refractivity contribution < 1.29 is 0 Å². The van der Waals surface area contributed by atoms with Crippen molar-refractivity contribution in [3.63, 3.8) is 0 Å². The molecule has 2 unspecified atom stereocenters. The molecule has 2 aliphatic rings. The SMILES string of the molecule is CCCC(CCCCc1ccc(C(C)C)c(C)c1CC)CC1=CCC=C(CCCC(C)CCCC2=CCC(=NC)CC=C2)C=C1. The van der Waals surface area contributed by atoms with Crippen LogP contribution in [0.25, 0.3) is 0 Å². The van der Waals surface area contributed by atoms with Gasteiger partial charge in [0.2, 0.25) is 0 Å². The van der Waals surface area contributed by atoms with Gasteiger partial charge in [0.1, 0.15) is 0 Å². The van der Waals surface area contributed by atoms with E-state index >= 15 is 0 Å². The summed E-state index contributed by atoms with van der Waals surface area (Å²) in [5.74, 6) is 2.23. The minimum absolute atomic E-state index is 0.611. The molecule has 0 saturated carbocycles. The number of rotatable bonds is 19. The Balaban J connectivity index is 1.36. The molecule has 0 bridgehead atoms. The van der Waals surface area contributed by atoms with Crippen molar-refractivity contribution in [2.75, 3.05) is 7.05 Å². The fraction of sp³-hybridized carbons (Fsp3) is 0.614. The van der Waals surface area contributed by atoms with E-state index in [1.54, 1.807) is 27.8 Å². The molecule has 0 heterocycles. The number of hydrogen-bond acceptors (Lipinski definition) is 1. The Morgan fingerprint density at radius 1 is 0.733 bits per heavy atom. The smallest absolute Gasteiger partial charge is 0.0276 e. The predicted octanol–water partition coefficient (Wildman–Crippen LogP) is 13.3. The summed E-state index contributed by atoms with van der Waals surface area (Å²) in [4.78, 5) is 4.39. The zero-order chi connectivity index (χ0) is 32.4. The Labute approximate surface area is 279 Å². The summed E-state index contributed by atoms with van der Waals surface area (Å²) in [5, 5.41) is 0. The van der Waals surface area contributed by atoms with Gasteiger partial charge >= 0.3 is 0 Å². The molecule has 1 heteroatoms. The van der Waals surface area contributed by atoms with Crippen LogP contribution in [0.3, 0.4) is 0 Å². The van der Waals surface area contributed by atoms with Crippen LogP contribution >= 0.6 is 0 Å². The molecule has 248 valence electrons. The molecular formula is C44H67N. The first-order valence-corrected chi connectivity index (χ1v) is 18.8. The Kier molecular flexibility index (Phi) is 17.0. The third kappa shape index (κ3) is 13.1. The van der Waals surface area contributed by atoms with Crippen molar-refractivity contribution in [3.8, 4) is 0 Å². The molecule has 1 nitrogen and oxygen atoms in total. The molecule has 0 spiro atoms. The highest BCUT2D eigenvalue weighted by Crippen LogP contribution is 2.29. The van der Waals surface area contributed by atoms with Crippen molar-refractivity contribution in [1.29, 1.82) is 0 Å². The zero-order valence-electron chi connectivity index (χ0n) is 30.4. The van der Waals surface area contributed by atoms with E-state index in [1.165, 1.54) is 100 Å². The molecule has 0 N–H and O–H groups in total. The summed E-state index contributed by atoms with van der Waals surface area (Å²) in [6.07, 6.45) is 38.1. The number of unbranched alkanes of at least 4 members (excludes halogenated alkanes) is 1. The van der Waals surface area contributed by atoms with Crippen LogP contribution in [0.1, 0.15) is 159 Å². The average Bonchev–Trinajstić information content (AvgIpc) is 3.39. The van der Waals surface area contributed by atoms with Gasteiger partial charge in [-0.05, 0) is 105 Å². The minimum atomic E-state index is 0.611. The number of benzene rings is 1. The Morgan fingerprint density at radius 3 is 2.13 bits per heavy atom. The van der Waals surface area contributed by atoms with Gasteiger partial charge in [-0.3, -0.25) is 4.99 Å². The van der Waals surface area contributed by atoms with E-state index in [0.29, 0.717) is 5.92 Å². The third-order valence-electron chi connectivity index (χ3n) is 10.4. The first-order valence-electron chi connectivity index (χ1n) is 18.8. The fourth-order valence-electron chi connectivity index (χ4n) is 7.64. The van der Waals surface area contributed by atoms with Crippen molar-refractivity contribution >= 4 is 5.71 Å². The maximum atomic E-state index is 4.39. The number of nitrogens with zero attached hydrogens (tertiary/aromatic N) is 1. The largest absolute Gasteiger partial charge is 0.297 e. The third-order valence-corrected chi connectivity index (χ3v) is 10.4. The van der Waals surface area contributed by atoms with E-state index in [0.717, 1.165) is 37.5 Å². The van der Waals surface area contributed by atoms with E-state index < -0.39 is 0 Å². The topological polar surface area (TPSA) is 12.4 Å². The summed E-state index contributed by atoms with van der Waals surface area (Å²) >= 11 is 0. The summed E-state index contributed by atoms with van der Waals surface area (Å²) in [6.45, 7) is 14.1. The van der Waals surface area contributed by atoms with Gasteiger partial charge in [-0.1, -0.05) is 145 Å². The zero-order valence-corrected chi connectivity index (χ0v) is 30.4. The second kappa shape index (κ2) is 20.7. The number of aryl methyl sites for hydroxylation is 1. The molecule has 0 aromatic heterocycles. The highest BCUT2D eigenvalue weighted by Gasteiger charge is 2.14. The summed E-state index contributed by atoms with van der Waals surface area (Å²) in [7, 11) is 1.92. The predicted molar refractivity (Wildman–Crippen MR) is 202 cm³/mol. The first-order chi connectivity index (χ1) is 21.8. The lowest BCUT2D eigenvalue weighted by atomic mass is 9.87. The van der Waals surface area contributed by atoms with Crippen LogP contribution < -0.4 is 0 Å². The van der Waals surface area contributed by atoms with Crippen LogP contribution in [0.15, 0.2) is 76.4 Å². The molecule has 0 fully saturated rings. The molecule has 2 atom stereocenters. The van der Waals surface area contributed by atoms with Crippen LogP contribution in [0.4, 0.5) is 0 Å². The maximum Gasteiger partial charge on any atom is 0.0276 e. The standard InChI is InChI=1S/C44H67N/c1-8-16-39(19-10-11-25-41-30-32-44(34(3)4)36(6)43(41)9-2)33-40-24-14-22-37(27-28-40)20-12-17-35(5)18-13-21-38-23-15-26-42(45-7)31-29-38/h15,22-24,27-30,32,34-35,39H,8-14,16-21,25-26,31,33H2,1-7H3. The van der Waals surface area contributed by atoms with Gasteiger partial charge in [0.15, 0.2) is 0 Å².